The summed E-state index contributed by atoms with van der Waals surface area (Å²) < 4.78 is 11.4. The molecule has 7 heteroatoms. The predicted molar refractivity (Wildman–Crippen MR) is 164 cm³/mol. The van der Waals surface area contributed by atoms with E-state index in [1.165, 1.54) is 19.3 Å². The fourth-order valence-corrected chi connectivity index (χ4v) is 9.39. The van der Waals surface area contributed by atoms with Gasteiger partial charge < -0.3 is 9.47 Å². The van der Waals surface area contributed by atoms with Crippen LogP contribution in [0.3, 0.4) is 0 Å². The molecule has 0 spiro atoms. The largest absolute Gasteiger partial charge is 0.462 e. The van der Waals surface area contributed by atoms with E-state index in [0.29, 0.717) is 17.8 Å². The number of imide groups is 1. The molecule has 7 aliphatic rings. The van der Waals surface area contributed by atoms with E-state index in [4.69, 9.17) is 9.47 Å². The second-order valence-electron chi connectivity index (χ2n) is 17.0. The van der Waals surface area contributed by atoms with Crippen molar-refractivity contribution in [2.45, 2.75) is 150 Å². The first-order valence-electron chi connectivity index (χ1n) is 17.3. The Bertz CT molecular complexity index is 1100. The minimum absolute atomic E-state index is 0.0342. The van der Waals surface area contributed by atoms with Gasteiger partial charge in [0.2, 0.25) is 11.8 Å². The molecule has 0 radical (unpaired) electrons. The Balaban J connectivity index is 0.000000242. The van der Waals surface area contributed by atoms with Crippen molar-refractivity contribution in [3.8, 4) is 0 Å². The second kappa shape index (κ2) is 11.2. The van der Waals surface area contributed by atoms with E-state index in [-0.39, 0.29) is 70.1 Å². The third kappa shape index (κ3) is 5.69. The van der Waals surface area contributed by atoms with E-state index in [9.17, 15) is 19.2 Å². The summed E-state index contributed by atoms with van der Waals surface area (Å²) in [5, 5.41) is 0. The Hall–Kier alpha value is -1.92. The first kappa shape index (κ1) is 32.5. The van der Waals surface area contributed by atoms with Crippen LogP contribution in [-0.2, 0) is 28.7 Å². The number of fused-ring (bicyclic) bond motifs is 5. The van der Waals surface area contributed by atoms with Crippen molar-refractivity contribution >= 4 is 23.8 Å². The zero-order valence-corrected chi connectivity index (χ0v) is 28.3. The summed E-state index contributed by atoms with van der Waals surface area (Å²) in [6.45, 7) is 17.6. The molecule has 6 saturated carbocycles. The Kier molecular flexibility index (Phi) is 8.42. The van der Waals surface area contributed by atoms with Gasteiger partial charge in [-0.3, -0.25) is 24.1 Å². The molecule has 1 heterocycles. The van der Waals surface area contributed by atoms with Crippen LogP contribution >= 0.6 is 0 Å². The van der Waals surface area contributed by atoms with E-state index >= 15 is 0 Å². The first-order chi connectivity index (χ1) is 20.0. The number of likely N-dealkylation sites (tertiary alicyclic amines) is 1. The molecule has 0 aromatic rings. The van der Waals surface area contributed by atoms with Gasteiger partial charge in [0.05, 0.1) is 28.2 Å². The highest BCUT2D eigenvalue weighted by atomic mass is 16.6. The van der Waals surface area contributed by atoms with Crippen LogP contribution < -0.4 is 0 Å². The predicted octanol–water partition coefficient (Wildman–Crippen LogP) is 7.10. The fraction of sp³-hybridized carbons (Fsp3) is 0.889. The molecule has 5 unspecified atom stereocenters. The van der Waals surface area contributed by atoms with Crippen LogP contribution in [0.4, 0.5) is 0 Å². The highest BCUT2D eigenvalue weighted by Gasteiger charge is 2.69. The molecule has 0 N–H and O–H groups in total. The lowest BCUT2D eigenvalue weighted by Crippen LogP contribution is -2.62. The molecule has 1 saturated heterocycles. The van der Waals surface area contributed by atoms with Crippen LogP contribution in [0.25, 0.3) is 0 Å². The van der Waals surface area contributed by atoms with Gasteiger partial charge in [-0.25, -0.2) is 0 Å². The Morgan fingerprint density at radius 3 is 1.70 bits per heavy atom. The van der Waals surface area contributed by atoms with Gasteiger partial charge in [0.15, 0.2) is 0 Å². The number of amides is 2. The van der Waals surface area contributed by atoms with Crippen LogP contribution in [0.2, 0.25) is 0 Å². The molecule has 6 bridgehead atoms. The number of hydrogen-bond acceptors (Lipinski definition) is 6. The van der Waals surface area contributed by atoms with Crippen molar-refractivity contribution in [2.24, 2.45) is 52.3 Å². The molecule has 43 heavy (non-hydrogen) atoms. The van der Waals surface area contributed by atoms with Gasteiger partial charge in [-0.05, 0) is 136 Å². The number of esters is 2. The van der Waals surface area contributed by atoms with Crippen LogP contribution in [0.5, 0.6) is 0 Å². The summed E-state index contributed by atoms with van der Waals surface area (Å²) in [4.78, 5) is 53.5. The lowest BCUT2D eigenvalue weighted by molar-refractivity contribution is -0.167. The quantitative estimate of drug-likeness (QED) is 0.218. The maximum atomic E-state index is 13.8. The van der Waals surface area contributed by atoms with Gasteiger partial charge in [-0.15, -0.1) is 0 Å². The minimum Gasteiger partial charge on any atom is -0.462 e. The third-order valence-corrected chi connectivity index (χ3v) is 12.8. The van der Waals surface area contributed by atoms with E-state index < -0.39 is 5.41 Å². The lowest BCUT2D eigenvalue weighted by Gasteiger charge is -2.59. The van der Waals surface area contributed by atoms with Crippen molar-refractivity contribution in [3.63, 3.8) is 0 Å². The molecule has 7 rings (SSSR count). The minimum atomic E-state index is -0.498. The van der Waals surface area contributed by atoms with Crippen molar-refractivity contribution in [1.29, 1.82) is 0 Å². The zero-order valence-electron chi connectivity index (χ0n) is 28.3. The van der Waals surface area contributed by atoms with E-state index in [0.717, 1.165) is 51.4 Å². The van der Waals surface area contributed by atoms with Crippen LogP contribution in [0.1, 0.15) is 133 Å². The molecule has 0 aromatic carbocycles. The monoisotopic (exact) mass is 599 g/mol. The molecular weight excluding hydrogens is 542 g/mol. The third-order valence-electron chi connectivity index (χ3n) is 12.8. The van der Waals surface area contributed by atoms with Crippen molar-refractivity contribution in [1.82, 2.24) is 4.90 Å². The summed E-state index contributed by atoms with van der Waals surface area (Å²) >= 11 is 0. The molecule has 6 aliphatic carbocycles. The Morgan fingerprint density at radius 2 is 1.21 bits per heavy atom. The zero-order chi connectivity index (χ0) is 31.7. The average molecular weight is 600 g/mol. The molecular formula is C36H57NO6. The molecule has 2 amide bonds. The van der Waals surface area contributed by atoms with E-state index in [1.807, 2.05) is 62.3 Å². The van der Waals surface area contributed by atoms with Crippen molar-refractivity contribution < 1.29 is 28.7 Å². The summed E-state index contributed by atoms with van der Waals surface area (Å²) in [6.07, 6.45) is 10.8. The van der Waals surface area contributed by atoms with Crippen molar-refractivity contribution in [3.05, 3.63) is 0 Å². The fourth-order valence-electron chi connectivity index (χ4n) is 9.39. The summed E-state index contributed by atoms with van der Waals surface area (Å²) in [5.41, 5.74) is -1.37. The lowest BCUT2D eigenvalue weighted by atomic mass is 9.52. The Morgan fingerprint density at radius 1 is 0.721 bits per heavy atom. The number of nitrogens with zero attached hydrogens (tertiary/aromatic N) is 1. The first-order valence-corrected chi connectivity index (χ1v) is 17.3. The molecule has 242 valence electrons. The summed E-state index contributed by atoms with van der Waals surface area (Å²) in [5.74, 6) is 1.92. The summed E-state index contributed by atoms with van der Waals surface area (Å²) in [6, 6.07) is 0. The molecule has 7 nitrogen and oxygen atoms in total. The van der Waals surface area contributed by atoms with Gasteiger partial charge in [0, 0.05) is 5.92 Å². The highest BCUT2D eigenvalue weighted by molar-refractivity contribution is 6.07. The van der Waals surface area contributed by atoms with Gasteiger partial charge in [-0.1, -0.05) is 20.8 Å². The maximum absolute atomic E-state index is 13.8. The number of rotatable bonds is 8. The summed E-state index contributed by atoms with van der Waals surface area (Å²) in [7, 11) is 0. The number of ether oxygens (including phenoxy) is 2. The van der Waals surface area contributed by atoms with Crippen molar-refractivity contribution in [2.75, 3.05) is 0 Å². The number of hydrogen-bond donors (Lipinski definition) is 0. The standard InChI is InChI=1S/C25H35NO4.C11H22O2/c1-4-24(2,3)23(29)30-18-9-16-8-17(18)20-19(16)21(27)26(22(20)28)25-10-13-5-14(11-25)7-15(6-13)12-25;1-7-10(3,4)9(12)13-11(5,6)8-2/h13-20H,4-12H2,1-3H3;7-8H2,1-6H3. The van der Waals surface area contributed by atoms with Gasteiger partial charge in [-0.2, -0.15) is 0 Å². The van der Waals surface area contributed by atoms with Crippen LogP contribution in [0, 0.1) is 52.3 Å². The molecule has 0 aromatic heterocycles. The van der Waals surface area contributed by atoms with Crippen LogP contribution in [0.15, 0.2) is 0 Å². The SMILES string of the molecule is CCC(C)(C)C(=O)OC1CC2CC1C1C(=O)N(C34CC5CC(CC(C5)C3)C4)C(=O)C21.CCC(C)(C)OC(=O)C(C)(C)CC. The van der Waals surface area contributed by atoms with Gasteiger partial charge in [0.1, 0.15) is 11.7 Å². The Labute approximate surface area is 259 Å². The number of carbonyl (C=O) groups excluding carboxylic acids is 4. The van der Waals surface area contributed by atoms with E-state index in [1.54, 1.807) is 4.90 Å². The average Bonchev–Trinajstić information content (AvgIpc) is 3.58. The normalized spacial score (nSPS) is 37.7. The smallest absolute Gasteiger partial charge is 0.312 e. The molecule has 5 atom stereocenters. The van der Waals surface area contributed by atoms with Gasteiger partial charge in [0.25, 0.3) is 0 Å². The second-order valence-corrected chi connectivity index (χ2v) is 17.0. The van der Waals surface area contributed by atoms with Gasteiger partial charge >= 0.3 is 11.9 Å². The number of carbonyl (C=O) groups is 4. The van der Waals surface area contributed by atoms with E-state index in [2.05, 4.69) is 0 Å². The maximum Gasteiger partial charge on any atom is 0.312 e. The topological polar surface area (TPSA) is 90.0 Å². The van der Waals surface area contributed by atoms with Crippen LogP contribution in [-0.4, -0.2) is 45.9 Å². The molecule has 7 fully saturated rings. The molecule has 1 aliphatic heterocycles. The highest BCUT2D eigenvalue weighted by Crippen LogP contribution is 2.63.